The minimum absolute atomic E-state index is 0.0802. The summed E-state index contributed by atoms with van der Waals surface area (Å²) in [5.41, 5.74) is 2.80. The second-order valence-corrected chi connectivity index (χ2v) is 11.3. The SMILES string of the molecule is CNC(=O)[C@@H](C)N(Cc1cccc(Br)c1)C(=O)CN(c1cc(C)ccc1C)S(=O)(=O)c1ccccc1. The van der Waals surface area contributed by atoms with Crippen molar-refractivity contribution in [3.05, 3.63) is 94.0 Å². The van der Waals surface area contributed by atoms with Crippen molar-refractivity contribution < 1.29 is 18.0 Å². The molecule has 9 heteroatoms. The van der Waals surface area contributed by atoms with E-state index in [0.29, 0.717) is 11.3 Å². The van der Waals surface area contributed by atoms with Gasteiger partial charge >= 0.3 is 0 Å². The van der Waals surface area contributed by atoms with Gasteiger partial charge in [-0.15, -0.1) is 0 Å². The largest absolute Gasteiger partial charge is 0.357 e. The van der Waals surface area contributed by atoms with Crippen LogP contribution in [0.2, 0.25) is 0 Å². The number of carbonyl (C=O) groups excluding carboxylic acids is 2. The number of benzene rings is 3. The summed E-state index contributed by atoms with van der Waals surface area (Å²) in [6.45, 7) is 4.98. The molecule has 2 amide bonds. The van der Waals surface area contributed by atoms with Crippen LogP contribution < -0.4 is 9.62 Å². The molecule has 0 heterocycles. The first-order valence-electron chi connectivity index (χ1n) is 11.4. The molecule has 0 unspecified atom stereocenters. The summed E-state index contributed by atoms with van der Waals surface area (Å²) in [6, 6.07) is 20.1. The Morgan fingerprint density at radius 1 is 0.972 bits per heavy atom. The average Bonchev–Trinajstić information content (AvgIpc) is 2.86. The van der Waals surface area contributed by atoms with Gasteiger partial charge in [0.05, 0.1) is 10.6 Å². The third-order valence-corrected chi connectivity index (χ3v) is 8.17. The number of hydrogen-bond donors (Lipinski definition) is 1. The van der Waals surface area contributed by atoms with Gasteiger partial charge in [-0.2, -0.15) is 0 Å². The van der Waals surface area contributed by atoms with Gasteiger partial charge < -0.3 is 10.2 Å². The molecule has 1 atom stereocenters. The molecule has 0 spiro atoms. The highest BCUT2D eigenvalue weighted by Gasteiger charge is 2.32. The number of sulfonamides is 1. The Morgan fingerprint density at radius 3 is 2.31 bits per heavy atom. The Hall–Kier alpha value is -3.17. The number of nitrogens with zero attached hydrogens (tertiary/aromatic N) is 2. The van der Waals surface area contributed by atoms with Gasteiger partial charge in [0.25, 0.3) is 10.0 Å². The molecule has 0 aliphatic rings. The Balaban J connectivity index is 2.07. The summed E-state index contributed by atoms with van der Waals surface area (Å²) in [6.07, 6.45) is 0. The van der Waals surface area contributed by atoms with Crippen LogP contribution in [-0.2, 0) is 26.2 Å². The van der Waals surface area contributed by atoms with Crippen molar-refractivity contribution in [1.82, 2.24) is 10.2 Å². The molecule has 0 bridgehead atoms. The van der Waals surface area contributed by atoms with E-state index in [2.05, 4.69) is 21.2 Å². The lowest BCUT2D eigenvalue weighted by Crippen LogP contribution is -2.50. The van der Waals surface area contributed by atoms with Crippen LogP contribution in [-0.4, -0.2) is 44.8 Å². The predicted octanol–water partition coefficient (Wildman–Crippen LogP) is 4.42. The van der Waals surface area contributed by atoms with Crippen LogP contribution in [0.3, 0.4) is 0 Å². The number of aryl methyl sites for hydroxylation is 2. The van der Waals surface area contributed by atoms with Crippen LogP contribution in [0.15, 0.2) is 82.2 Å². The maximum absolute atomic E-state index is 13.8. The van der Waals surface area contributed by atoms with Gasteiger partial charge in [0.1, 0.15) is 12.6 Å². The van der Waals surface area contributed by atoms with E-state index in [-0.39, 0.29) is 17.3 Å². The standard InChI is InChI=1S/C27H30BrN3O4S/c1-19-13-14-20(2)25(15-19)31(36(34,35)24-11-6-5-7-12-24)18-26(32)30(21(3)27(33)29-4)17-22-9-8-10-23(28)16-22/h5-16,21H,17-18H2,1-4H3,(H,29,33)/t21-/m1/s1. The number of rotatable bonds is 9. The van der Waals surface area contributed by atoms with Crippen molar-refractivity contribution in [3.63, 3.8) is 0 Å². The van der Waals surface area contributed by atoms with Crippen molar-refractivity contribution in [2.24, 2.45) is 0 Å². The van der Waals surface area contributed by atoms with E-state index in [4.69, 9.17) is 0 Å². The number of likely N-dealkylation sites (N-methyl/N-ethyl adjacent to an activating group) is 1. The van der Waals surface area contributed by atoms with Gasteiger partial charge in [-0.25, -0.2) is 8.42 Å². The number of hydrogen-bond acceptors (Lipinski definition) is 4. The molecule has 0 aliphatic heterocycles. The maximum atomic E-state index is 13.8. The molecule has 190 valence electrons. The highest BCUT2D eigenvalue weighted by Crippen LogP contribution is 2.28. The fourth-order valence-corrected chi connectivity index (χ4v) is 5.78. The zero-order valence-corrected chi connectivity index (χ0v) is 23.1. The zero-order valence-electron chi connectivity index (χ0n) is 20.7. The average molecular weight is 573 g/mol. The van der Waals surface area contributed by atoms with Crippen molar-refractivity contribution in [1.29, 1.82) is 0 Å². The summed E-state index contributed by atoms with van der Waals surface area (Å²) in [7, 11) is -2.57. The van der Waals surface area contributed by atoms with E-state index in [0.717, 1.165) is 19.9 Å². The molecular formula is C27H30BrN3O4S. The van der Waals surface area contributed by atoms with Crippen LogP contribution in [0, 0.1) is 13.8 Å². The molecule has 0 aliphatic carbocycles. The Bertz CT molecular complexity index is 1350. The zero-order chi connectivity index (χ0) is 26.5. The van der Waals surface area contributed by atoms with Crippen molar-refractivity contribution in [2.75, 3.05) is 17.9 Å². The quantitative estimate of drug-likeness (QED) is 0.411. The minimum Gasteiger partial charge on any atom is -0.357 e. The van der Waals surface area contributed by atoms with Gasteiger partial charge in [0.2, 0.25) is 11.8 Å². The molecule has 3 aromatic rings. The lowest BCUT2D eigenvalue weighted by atomic mass is 10.1. The fourth-order valence-electron chi connectivity index (χ4n) is 3.84. The number of nitrogens with one attached hydrogen (secondary N) is 1. The Labute approximate surface area is 221 Å². The first-order valence-corrected chi connectivity index (χ1v) is 13.7. The normalized spacial score (nSPS) is 12.0. The van der Waals surface area contributed by atoms with Crippen LogP contribution in [0.1, 0.15) is 23.6 Å². The summed E-state index contributed by atoms with van der Waals surface area (Å²) >= 11 is 3.44. The molecule has 3 rings (SSSR count). The first-order chi connectivity index (χ1) is 17.0. The van der Waals surface area contributed by atoms with Gasteiger partial charge in [-0.3, -0.25) is 13.9 Å². The summed E-state index contributed by atoms with van der Waals surface area (Å²) in [5.74, 6) is -0.839. The van der Waals surface area contributed by atoms with E-state index in [1.165, 1.54) is 24.1 Å². The summed E-state index contributed by atoms with van der Waals surface area (Å²) < 4.78 is 29.5. The van der Waals surface area contributed by atoms with Crippen molar-refractivity contribution in [2.45, 2.75) is 38.3 Å². The lowest BCUT2D eigenvalue weighted by molar-refractivity contribution is -0.139. The second kappa shape index (κ2) is 11.7. The van der Waals surface area contributed by atoms with E-state index in [9.17, 15) is 18.0 Å². The Morgan fingerprint density at radius 2 is 1.67 bits per heavy atom. The van der Waals surface area contributed by atoms with E-state index in [1.807, 2.05) is 43.3 Å². The summed E-state index contributed by atoms with van der Waals surface area (Å²) in [5, 5.41) is 2.58. The third kappa shape index (κ3) is 6.33. The number of carbonyl (C=O) groups is 2. The topological polar surface area (TPSA) is 86.8 Å². The van der Waals surface area contributed by atoms with E-state index >= 15 is 0 Å². The van der Waals surface area contributed by atoms with Gasteiger partial charge in [0, 0.05) is 18.1 Å². The smallest absolute Gasteiger partial charge is 0.264 e. The first kappa shape index (κ1) is 27.4. The molecule has 36 heavy (non-hydrogen) atoms. The van der Waals surface area contributed by atoms with Crippen LogP contribution in [0.4, 0.5) is 5.69 Å². The summed E-state index contributed by atoms with van der Waals surface area (Å²) in [4.78, 5) is 27.8. The van der Waals surface area contributed by atoms with Crippen molar-refractivity contribution in [3.8, 4) is 0 Å². The highest BCUT2D eigenvalue weighted by atomic mass is 79.9. The molecule has 0 radical (unpaired) electrons. The highest BCUT2D eigenvalue weighted by molar-refractivity contribution is 9.10. The van der Waals surface area contributed by atoms with Crippen molar-refractivity contribution >= 4 is 43.5 Å². The minimum atomic E-state index is -4.08. The molecular weight excluding hydrogens is 542 g/mol. The molecule has 0 saturated carbocycles. The van der Waals surface area contributed by atoms with E-state index in [1.54, 1.807) is 38.1 Å². The number of amides is 2. The van der Waals surface area contributed by atoms with Crippen LogP contribution >= 0.6 is 15.9 Å². The molecule has 0 saturated heterocycles. The van der Waals surface area contributed by atoms with E-state index < -0.39 is 28.5 Å². The molecule has 1 N–H and O–H groups in total. The molecule has 3 aromatic carbocycles. The second-order valence-electron chi connectivity index (χ2n) is 8.56. The molecule has 0 aromatic heterocycles. The Kier molecular flexibility index (Phi) is 8.92. The van der Waals surface area contributed by atoms with Crippen LogP contribution in [0.5, 0.6) is 0 Å². The van der Waals surface area contributed by atoms with Gasteiger partial charge in [-0.1, -0.05) is 58.4 Å². The monoisotopic (exact) mass is 571 g/mol. The molecule has 7 nitrogen and oxygen atoms in total. The maximum Gasteiger partial charge on any atom is 0.264 e. The lowest BCUT2D eigenvalue weighted by Gasteiger charge is -2.32. The van der Waals surface area contributed by atoms with Crippen LogP contribution in [0.25, 0.3) is 0 Å². The number of halogens is 1. The van der Waals surface area contributed by atoms with Gasteiger partial charge in [0.15, 0.2) is 0 Å². The van der Waals surface area contributed by atoms with Gasteiger partial charge in [-0.05, 0) is 67.8 Å². The molecule has 0 fully saturated rings. The third-order valence-electron chi connectivity index (χ3n) is 5.90. The predicted molar refractivity (Wildman–Crippen MR) is 145 cm³/mol. The fraction of sp³-hybridized carbons (Fsp3) is 0.259. The number of anilines is 1.